The summed E-state index contributed by atoms with van der Waals surface area (Å²) in [5, 5.41) is 11.1. The van der Waals surface area contributed by atoms with Crippen LogP contribution in [0.25, 0.3) is 22.3 Å². The first-order valence-corrected chi connectivity index (χ1v) is 13.9. The second-order valence-corrected chi connectivity index (χ2v) is 10.5. The maximum Gasteiger partial charge on any atom is 0.217 e. The average molecular weight is 591 g/mol. The summed E-state index contributed by atoms with van der Waals surface area (Å²) >= 11 is 13.4. The standard InChI is InChI=1S/C27H32Cl2N6O5/c1-14(36)32-17-6-8-39-13-19(17)33-22-9-16-18(12-30-22)34-27(35-26(16)31-11-15-5-4-7-40-15)23-24(28)20(37-2)10-21(38-3)25(23)29/h9-10,12,15,17,19H,4-8,11,13H2,1-3H3,(H,30,33)(H,32,36)(H,31,34,35)/t15?,17-,19+/m0/s1. The Hall–Kier alpha value is -3.12. The number of rotatable bonds is 9. The van der Waals surface area contributed by atoms with Crippen LogP contribution in [0.1, 0.15) is 26.2 Å². The topological polar surface area (TPSA) is 129 Å². The number of carbonyl (C=O) groups is 1. The molecule has 1 amide bonds. The van der Waals surface area contributed by atoms with E-state index in [-0.39, 0.29) is 34.1 Å². The molecule has 2 fully saturated rings. The number of fused-ring (bicyclic) bond motifs is 1. The van der Waals surface area contributed by atoms with E-state index in [4.69, 9.17) is 52.1 Å². The first-order valence-electron chi connectivity index (χ1n) is 13.1. The van der Waals surface area contributed by atoms with E-state index in [0.717, 1.165) is 24.8 Å². The number of ether oxygens (including phenoxy) is 4. The SMILES string of the molecule is COc1cc(OC)c(Cl)c(-c2nc(NCC3CCCO3)c3cc(N[C@@H]4COCC[C@@H]4NC(C)=O)ncc3n2)c1Cl. The maximum absolute atomic E-state index is 11.7. The Morgan fingerprint density at radius 3 is 2.52 bits per heavy atom. The Morgan fingerprint density at radius 2 is 1.85 bits per heavy atom. The summed E-state index contributed by atoms with van der Waals surface area (Å²) in [4.78, 5) is 25.9. The lowest BCUT2D eigenvalue weighted by molar-refractivity contribution is -0.120. The molecule has 0 radical (unpaired) electrons. The zero-order valence-electron chi connectivity index (χ0n) is 22.6. The largest absolute Gasteiger partial charge is 0.495 e. The molecule has 0 aliphatic carbocycles. The van der Waals surface area contributed by atoms with Gasteiger partial charge in [-0.05, 0) is 25.3 Å². The van der Waals surface area contributed by atoms with Gasteiger partial charge in [-0.3, -0.25) is 4.79 Å². The number of nitrogens with zero attached hydrogens (tertiary/aromatic N) is 3. The van der Waals surface area contributed by atoms with E-state index in [1.54, 1.807) is 12.3 Å². The Bertz CT molecular complexity index is 1360. The van der Waals surface area contributed by atoms with Gasteiger partial charge in [-0.15, -0.1) is 0 Å². The Kier molecular flexibility index (Phi) is 8.94. The fourth-order valence-corrected chi connectivity index (χ4v) is 5.63. The molecule has 5 rings (SSSR count). The molecule has 0 spiro atoms. The van der Waals surface area contributed by atoms with Gasteiger partial charge in [0, 0.05) is 38.1 Å². The predicted molar refractivity (Wildman–Crippen MR) is 154 cm³/mol. The maximum atomic E-state index is 11.7. The van der Waals surface area contributed by atoms with Crippen molar-refractivity contribution in [2.45, 2.75) is 44.4 Å². The molecule has 2 aliphatic heterocycles. The minimum absolute atomic E-state index is 0.0770. The number of amides is 1. The molecule has 3 atom stereocenters. The molecule has 3 aromatic rings. The van der Waals surface area contributed by atoms with E-state index in [9.17, 15) is 4.79 Å². The van der Waals surface area contributed by atoms with Crippen LogP contribution >= 0.6 is 23.2 Å². The van der Waals surface area contributed by atoms with E-state index in [1.165, 1.54) is 21.1 Å². The van der Waals surface area contributed by atoms with Gasteiger partial charge in [-0.1, -0.05) is 23.2 Å². The van der Waals surface area contributed by atoms with Gasteiger partial charge in [0.15, 0.2) is 5.82 Å². The molecule has 0 saturated carbocycles. The summed E-state index contributed by atoms with van der Waals surface area (Å²) in [6.07, 6.45) is 4.44. The monoisotopic (exact) mass is 590 g/mol. The molecule has 4 heterocycles. The predicted octanol–water partition coefficient (Wildman–Crippen LogP) is 4.31. The van der Waals surface area contributed by atoms with Crippen LogP contribution in [0.15, 0.2) is 18.3 Å². The first-order chi connectivity index (χ1) is 19.4. The number of carbonyl (C=O) groups excluding carboxylic acids is 1. The molecular weight excluding hydrogens is 559 g/mol. The van der Waals surface area contributed by atoms with Crippen molar-refractivity contribution < 1.29 is 23.7 Å². The second kappa shape index (κ2) is 12.6. The molecule has 13 heteroatoms. The van der Waals surface area contributed by atoms with Crippen molar-refractivity contribution in [1.29, 1.82) is 0 Å². The van der Waals surface area contributed by atoms with Gasteiger partial charge in [0.2, 0.25) is 5.91 Å². The van der Waals surface area contributed by atoms with Crippen LogP contribution in [0.5, 0.6) is 11.5 Å². The third-order valence-corrected chi connectivity index (χ3v) is 7.73. The molecule has 11 nitrogen and oxygen atoms in total. The van der Waals surface area contributed by atoms with Crippen LogP contribution in [0.2, 0.25) is 10.0 Å². The van der Waals surface area contributed by atoms with E-state index in [0.29, 0.717) is 66.2 Å². The van der Waals surface area contributed by atoms with Gasteiger partial charge in [0.1, 0.15) is 23.1 Å². The molecule has 2 aromatic heterocycles. The number of halogens is 2. The van der Waals surface area contributed by atoms with Crippen molar-refractivity contribution in [2.75, 3.05) is 51.2 Å². The van der Waals surface area contributed by atoms with Crippen LogP contribution < -0.4 is 25.4 Å². The van der Waals surface area contributed by atoms with E-state index in [2.05, 4.69) is 20.9 Å². The molecule has 0 bridgehead atoms. The fourth-order valence-electron chi connectivity index (χ4n) is 4.96. The van der Waals surface area contributed by atoms with Crippen LogP contribution in [0.3, 0.4) is 0 Å². The van der Waals surface area contributed by atoms with Gasteiger partial charge >= 0.3 is 0 Å². The Labute approximate surface area is 242 Å². The second-order valence-electron chi connectivity index (χ2n) is 9.70. The molecular formula is C27H32Cl2N6O5. The van der Waals surface area contributed by atoms with Crippen molar-refractivity contribution in [3.05, 3.63) is 28.4 Å². The van der Waals surface area contributed by atoms with E-state index < -0.39 is 0 Å². The van der Waals surface area contributed by atoms with Crippen molar-refractivity contribution >= 4 is 51.6 Å². The van der Waals surface area contributed by atoms with Gasteiger partial charge < -0.3 is 34.9 Å². The Morgan fingerprint density at radius 1 is 1.07 bits per heavy atom. The molecule has 2 saturated heterocycles. The van der Waals surface area contributed by atoms with Crippen molar-refractivity contribution in [3.8, 4) is 22.9 Å². The summed E-state index contributed by atoms with van der Waals surface area (Å²) in [6.45, 7) is 3.86. The summed E-state index contributed by atoms with van der Waals surface area (Å²) in [5.41, 5.74) is 0.971. The zero-order chi connectivity index (χ0) is 28.2. The van der Waals surface area contributed by atoms with Crippen molar-refractivity contribution in [2.24, 2.45) is 0 Å². The van der Waals surface area contributed by atoms with E-state index >= 15 is 0 Å². The highest BCUT2D eigenvalue weighted by Crippen LogP contribution is 2.45. The minimum atomic E-state index is -0.145. The number of hydrogen-bond acceptors (Lipinski definition) is 10. The molecule has 40 heavy (non-hydrogen) atoms. The summed E-state index contributed by atoms with van der Waals surface area (Å²) in [7, 11) is 3.03. The lowest BCUT2D eigenvalue weighted by atomic mass is 10.0. The average Bonchev–Trinajstić information content (AvgIpc) is 3.47. The zero-order valence-corrected chi connectivity index (χ0v) is 24.1. The molecule has 1 aromatic carbocycles. The normalized spacial score (nSPS) is 20.8. The number of methoxy groups -OCH3 is 2. The van der Waals surface area contributed by atoms with Crippen LogP contribution in [0.4, 0.5) is 11.6 Å². The number of aromatic nitrogens is 3. The number of benzene rings is 1. The van der Waals surface area contributed by atoms with Crippen LogP contribution in [-0.2, 0) is 14.3 Å². The summed E-state index contributed by atoms with van der Waals surface area (Å²) in [6, 6.07) is 3.28. The van der Waals surface area contributed by atoms with Crippen molar-refractivity contribution in [3.63, 3.8) is 0 Å². The fraction of sp³-hybridized carbons (Fsp3) is 0.481. The Balaban J connectivity index is 1.55. The smallest absolute Gasteiger partial charge is 0.217 e. The van der Waals surface area contributed by atoms with Gasteiger partial charge in [0.25, 0.3) is 0 Å². The highest BCUT2D eigenvalue weighted by atomic mass is 35.5. The third kappa shape index (κ3) is 6.12. The minimum Gasteiger partial charge on any atom is -0.495 e. The number of pyridine rings is 1. The van der Waals surface area contributed by atoms with Gasteiger partial charge in [-0.2, -0.15) is 0 Å². The molecule has 2 aliphatic rings. The number of anilines is 2. The summed E-state index contributed by atoms with van der Waals surface area (Å²) < 4.78 is 22.4. The van der Waals surface area contributed by atoms with Crippen molar-refractivity contribution in [1.82, 2.24) is 20.3 Å². The number of nitrogens with one attached hydrogen (secondary N) is 3. The lowest BCUT2D eigenvalue weighted by Gasteiger charge is -2.32. The summed E-state index contributed by atoms with van der Waals surface area (Å²) in [5.74, 6) is 2.16. The molecule has 214 valence electrons. The molecule has 1 unspecified atom stereocenters. The lowest BCUT2D eigenvalue weighted by Crippen LogP contribution is -2.51. The highest BCUT2D eigenvalue weighted by molar-refractivity contribution is 6.41. The van der Waals surface area contributed by atoms with E-state index in [1.807, 2.05) is 6.07 Å². The van der Waals surface area contributed by atoms with Gasteiger partial charge in [0.05, 0.1) is 66.3 Å². The molecule has 3 N–H and O–H groups in total. The quantitative estimate of drug-likeness (QED) is 0.331. The van der Waals surface area contributed by atoms with Crippen LogP contribution in [-0.4, -0.2) is 79.6 Å². The van der Waals surface area contributed by atoms with Gasteiger partial charge in [-0.25, -0.2) is 15.0 Å². The highest BCUT2D eigenvalue weighted by Gasteiger charge is 2.27. The number of hydrogen-bond donors (Lipinski definition) is 3. The van der Waals surface area contributed by atoms with Crippen LogP contribution in [0, 0.1) is 0 Å². The third-order valence-electron chi connectivity index (χ3n) is 6.98. The first kappa shape index (κ1) is 28.4.